The predicted octanol–water partition coefficient (Wildman–Crippen LogP) is 3.61. The topological polar surface area (TPSA) is 21.3 Å². The number of hydrogen-bond acceptors (Lipinski definition) is 2. The minimum absolute atomic E-state index is 0.257. The fraction of sp³-hybridized carbons (Fsp3) is 0.538. The van der Waals surface area contributed by atoms with Crippen molar-refractivity contribution in [1.82, 2.24) is 5.32 Å². The molecule has 0 aliphatic rings. The summed E-state index contributed by atoms with van der Waals surface area (Å²) in [6, 6.07) is 7.99. The second-order valence-electron chi connectivity index (χ2n) is 3.81. The van der Waals surface area contributed by atoms with Crippen molar-refractivity contribution in [2.45, 2.75) is 32.8 Å². The van der Waals surface area contributed by atoms with E-state index in [0.717, 1.165) is 36.2 Å². The van der Waals surface area contributed by atoms with Crippen LogP contribution in [0.1, 0.15) is 26.7 Å². The Kier molecular flexibility index (Phi) is 6.50. The predicted molar refractivity (Wildman–Crippen MR) is 72.0 cm³/mol. The monoisotopic (exact) mass is 285 g/mol. The van der Waals surface area contributed by atoms with Crippen LogP contribution in [0.25, 0.3) is 0 Å². The average molecular weight is 286 g/mol. The number of nitrogens with one attached hydrogen (secondary N) is 1. The molecular weight excluding hydrogens is 266 g/mol. The molecule has 0 heterocycles. The molecule has 3 heteroatoms. The summed E-state index contributed by atoms with van der Waals surface area (Å²) >= 11 is 3.41. The molecule has 1 unspecified atom stereocenters. The van der Waals surface area contributed by atoms with Gasteiger partial charge in [-0.1, -0.05) is 29.8 Å². The highest BCUT2D eigenvalue weighted by Gasteiger charge is 2.06. The molecule has 1 aromatic carbocycles. The SMILES string of the molecule is CCCNCC(CC)Oc1ccc(Br)cc1. The molecule has 1 atom stereocenters. The third-order valence-electron chi connectivity index (χ3n) is 2.37. The lowest BCUT2D eigenvalue weighted by molar-refractivity contribution is 0.193. The molecule has 0 saturated heterocycles. The average Bonchev–Trinajstić information content (AvgIpc) is 2.31. The first-order valence-corrected chi connectivity index (χ1v) is 6.68. The lowest BCUT2D eigenvalue weighted by Gasteiger charge is -2.18. The molecule has 1 aromatic rings. The van der Waals surface area contributed by atoms with E-state index in [1.165, 1.54) is 0 Å². The molecule has 0 aromatic heterocycles. The molecule has 2 nitrogen and oxygen atoms in total. The van der Waals surface area contributed by atoms with E-state index < -0.39 is 0 Å². The van der Waals surface area contributed by atoms with Crippen LogP contribution in [-0.2, 0) is 0 Å². The molecular formula is C13H20BrNO. The zero-order valence-electron chi connectivity index (χ0n) is 10.0. The molecule has 0 amide bonds. The summed E-state index contributed by atoms with van der Waals surface area (Å²) in [7, 11) is 0. The number of rotatable bonds is 7. The molecule has 0 fully saturated rings. The number of benzene rings is 1. The van der Waals surface area contributed by atoms with Gasteiger partial charge >= 0.3 is 0 Å². The van der Waals surface area contributed by atoms with Crippen molar-refractivity contribution in [1.29, 1.82) is 0 Å². The fourth-order valence-corrected chi connectivity index (χ4v) is 1.68. The van der Waals surface area contributed by atoms with E-state index in [9.17, 15) is 0 Å². The fourth-order valence-electron chi connectivity index (χ4n) is 1.41. The van der Waals surface area contributed by atoms with Gasteiger partial charge in [0.2, 0.25) is 0 Å². The summed E-state index contributed by atoms with van der Waals surface area (Å²) in [5.74, 6) is 0.938. The van der Waals surface area contributed by atoms with Crippen molar-refractivity contribution in [2.75, 3.05) is 13.1 Å². The first-order valence-electron chi connectivity index (χ1n) is 5.89. The molecule has 0 saturated carbocycles. The smallest absolute Gasteiger partial charge is 0.119 e. The van der Waals surface area contributed by atoms with Crippen LogP contribution in [-0.4, -0.2) is 19.2 Å². The van der Waals surface area contributed by atoms with Gasteiger partial charge in [-0.2, -0.15) is 0 Å². The Morgan fingerprint density at radius 3 is 2.50 bits per heavy atom. The maximum atomic E-state index is 5.88. The number of hydrogen-bond donors (Lipinski definition) is 1. The van der Waals surface area contributed by atoms with Gasteiger partial charge in [-0.05, 0) is 43.7 Å². The highest BCUT2D eigenvalue weighted by molar-refractivity contribution is 9.10. The van der Waals surface area contributed by atoms with E-state index >= 15 is 0 Å². The molecule has 0 spiro atoms. The molecule has 1 N–H and O–H groups in total. The molecule has 0 radical (unpaired) electrons. The zero-order chi connectivity index (χ0) is 11.8. The summed E-state index contributed by atoms with van der Waals surface area (Å²) in [4.78, 5) is 0. The highest BCUT2D eigenvalue weighted by atomic mass is 79.9. The van der Waals surface area contributed by atoms with E-state index in [2.05, 4.69) is 35.1 Å². The Labute approximate surface area is 107 Å². The maximum absolute atomic E-state index is 5.88. The van der Waals surface area contributed by atoms with E-state index in [4.69, 9.17) is 4.74 Å². The van der Waals surface area contributed by atoms with Crippen LogP contribution in [0.5, 0.6) is 5.75 Å². The quantitative estimate of drug-likeness (QED) is 0.773. The van der Waals surface area contributed by atoms with Crippen molar-refractivity contribution >= 4 is 15.9 Å². The van der Waals surface area contributed by atoms with Crippen LogP contribution in [0.15, 0.2) is 28.7 Å². The summed E-state index contributed by atoms with van der Waals surface area (Å²) in [6.45, 7) is 6.29. The highest BCUT2D eigenvalue weighted by Crippen LogP contribution is 2.17. The maximum Gasteiger partial charge on any atom is 0.119 e. The van der Waals surface area contributed by atoms with Gasteiger partial charge in [0.05, 0.1) is 0 Å². The van der Waals surface area contributed by atoms with Gasteiger partial charge in [0.15, 0.2) is 0 Å². The first-order chi connectivity index (χ1) is 7.76. The Morgan fingerprint density at radius 2 is 1.94 bits per heavy atom. The van der Waals surface area contributed by atoms with E-state index in [0.29, 0.717) is 0 Å². The minimum atomic E-state index is 0.257. The molecule has 16 heavy (non-hydrogen) atoms. The summed E-state index contributed by atoms with van der Waals surface area (Å²) in [5, 5.41) is 3.38. The van der Waals surface area contributed by atoms with Crippen molar-refractivity contribution in [3.05, 3.63) is 28.7 Å². The van der Waals surface area contributed by atoms with Gasteiger partial charge < -0.3 is 10.1 Å². The molecule has 0 aliphatic carbocycles. The normalized spacial score (nSPS) is 12.4. The molecule has 0 aliphatic heterocycles. The van der Waals surface area contributed by atoms with Crippen LogP contribution in [0, 0.1) is 0 Å². The van der Waals surface area contributed by atoms with Crippen LogP contribution in [0.3, 0.4) is 0 Å². The largest absolute Gasteiger partial charge is 0.489 e. The number of ether oxygens (including phenoxy) is 1. The Morgan fingerprint density at radius 1 is 1.25 bits per heavy atom. The van der Waals surface area contributed by atoms with Gasteiger partial charge in [-0.25, -0.2) is 0 Å². The van der Waals surface area contributed by atoms with E-state index in [-0.39, 0.29) is 6.10 Å². The lowest BCUT2D eigenvalue weighted by atomic mass is 10.2. The van der Waals surface area contributed by atoms with E-state index in [1.807, 2.05) is 24.3 Å². The van der Waals surface area contributed by atoms with Crippen LogP contribution in [0.4, 0.5) is 0 Å². The van der Waals surface area contributed by atoms with Gasteiger partial charge in [0.25, 0.3) is 0 Å². The Hall–Kier alpha value is -0.540. The second-order valence-corrected chi connectivity index (χ2v) is 4.72. The summed E-state index contributed by atoms with van der Waals surface area (Å²) < 4.78 is 6.96. The van der Waals surface area contributed by atoms with Gasteiger partial charge in [0, 0.05) is 11.0 Å². The van der Waals surface area contributed by atoms with Crippen molar-refractivity contribution in [2.24, 2.45) is 0 Å². The third-order valence-corrected chi connectivity index (χ3v) is 2.90. The van der Waals surface area contributed by atoms with Crippen LogP contribution >= 0.6 is 15.9 Å². The standard InChI is InChI=1S/C13H20BrNO/c1-3-9-15-10-12(4-2)16-13-7-5-11(14)6-8-13/h5-8,12,15H,3-4,9-10H2,1-2H3. The van der Waals surface area contributed by atoms with Crippen LogP contribution < -0.4 is 10.1 Å². The van der Waals surface area contributed by atoms with E-state index in [1.54, 1.807) is 0 Å². The minimum Gasteiger partial charge on any atom is -0.489 e. The molecule has 0 bridgehead atoms. The van der Waals surface area contributed by atoms with Crippen LogP contribution in [0.2, 0.25) is 0 Å². The molecule has 1 rings (SSSR count). The zero-order valence-corrected chi connectivity index (χ0v) is 11.6. The first kappa shape index (κ1) is 13.5. The summed E-state index contributed by atoms with van der Waals surface area (Å²) in [6.07, 6.45) is 2.44. The van der Waals surface area contributed by atoms with Crippen molar-refractivity contribution < 1.29 is 4.74 Å². The van der Waals surface area contributed by atoms with Gasteiger partial charge in [-0.3, -0.25) is 0 Å². The van der Waals surface area contributed by atoms with Crippen molar-refractivity contribution in [3.8, 4) is 5.75 Å². The Bertz CT molecular complexity index is 286. The van der Waals surface area contributed by atoms with Crippen molar-refractivity contribution in [3.63, 3.8) is 0 Å². The second kappa shape index (κ2) is 7.69. The Balaban J connectivity index is 2.40. The van der Waals surface area contributed by atoms with Gasteiger partial charge in [-0.15, -0.1) is 0 Å². The third kappa shape index (κ3) is 4.99. The summed E-state index contributed by atoms with van der Waals surface area (Å²) in [5.41, 5.74) is 0. The van der Waals surface area contributed by atoms with Gasteiger partial charge in [0.1, 0.15) is 11.9 Å². The molecule has 90 valence electrons. The lowest BCUT2D eigenvalue weighted by Crippen LogP contribution is -2.31. The number of halogens is 1.